The summed E-state index contributed by atoms with van der Waals surface area (Å²) in [6, 6.07) is 5.81. The van der Waals surface area contributed by atoms with Crippen molar-refractivity contribution in [2.24, 2.45) is 11.7 Å². The van der Waals surface area contributed by atoms with Gasteiger partial charge in [-0.05, 0) is 55.1 Å². The Morgan fingerprint density at radius 2 is 2.17 bits per heavy atom. The van der Waals surface area contributed by atoms with Crippen molar-refractivity contribution in [1.29, 1.82) is 0 Å². The third-order valence-electron chi connectivity index (χ3n) is 3.43. The maximum atomic E-state index is 6.06. The second-order valence-corrected chi connectivity index (χ2v) is 5.57. The van der Waals surface area contributed by atoms with Gasteiger partial charge in [0.1, 0.15) is 0 Å². The van der Waals surface area contributed by atoms with Crippen molar-refractivity contribution in [2.75, 3.05) is 13.1 Å². The standard InChI is InChI=1S/C14H18Cl2N2/c15-13-4-3-11(7-14(13)16)12(8-17)6-10-2-1-5-18-9-10/h1,3-5,7,10,12,18H,2,6,8-9,17H2. The van der Waals surface area contributed by atoms with Crippen molar-refractivity contribution in [2.45, 2.75) is 18.8 Å². The molecule has 4 heteroatoms. The second kappa shape index (κ2) is 6.46. The molecule has 2 atom stereocenters. The minimum atomic E-state index is 0.345. The lowest BCUT2D eigenvalue weighted by atomic mass is 9.86. The van der Waals surface area contributed by atoms with Crippen molar-refractivity contribution < 1.29 is 0 Å². The first-order valence-electron chi connectivity index (χ1n) is 6.24. The SMILES string of the molecule is NCC(CC1CC=CNC1)c1ccc(Cl)c(Cl)c1. The Balaban J connectivity index is 2.07. The highest BCUT2D eigenvalue weighted by atomic mass is 35.5. The maximum absolute atomic E-state index is 6.06. The minimum Gasteiger partial charge on any atom is -0.391 e. The Hall–Kier alpha value is -0.700. The lowest BCUT2D eigenvalue weighted by Gasteiger charge is -2.24. The maximum Gasteiger partial charge on any atom is 0.0595 e. The summed E-state index contributed by atoms with van der Waals surface area (Å²) in [6.45, 7) is 1.66. The lowest BCUT2D eigenvalue weighted by Crippen LogP contribution is -2.25. The molecule has 1 aromatic carbocycles. The highest BCUT2D eigenvalue weighted by Crippen LogP contribution is 2.30. The molecular weight excluding hydrogens is 267 g/mol. The van der Waals surface area contributed by atoms with Crippen LogP contribution in [0.15, 0.2) is 30.5 Å². The molecule has 0 aromatic heterocycles. The van der Waals surface area contributed by atoms with E-state index in [0.717, 1.165) is 19.4 Å². The topological polar surface area (TPSA) is 38.0 Å². The van der Waals surface area contributed by atoms with E-state index in [9.17, 15) is 0 Å². The number of nitrogens with one attached hydrogen (secondary N) is 1. The summed E-state index contributed by atoms with van der Waals surface area (Å²) in [5.74, 6) is 0.982. The molecule has 1 heterocycles. The van der Waals surface area contributed by atoms with Crippen LogP contribution in [-0.2, 0) is 0 Å². The van der Waals surface area contributed by atoms with Crippen LogP contribution in [0.25, 0.3) is 0 Å². The zero-order valence-electron chi connectivity index (χ0n) is 10.2. The van der Waals surface area contributed by atoms with Gasteiger partial charge in [-0.1, -0.05) is 35.3 Å². The van der Waals surface area contributed by atoms with Crippen LogP contribution in [-0.4, -0.2) is 13.1 Å². The fourth-order valence-corrected chi connectivity index (χ4v) is 2.69. The fraction of sp³-hybridized carbons (Fsp3) is 0.429. The molecule has 0 saturated carbocycles. The number of benzene rings is 1. The largest absolute Gasteiger partial charge is 0.391 e. The molecule has 0 amide bonds. The summed E-state index contributed by atoms with van der Waals surface area (Å²) in [5, 5.41) is 4.47. The lowest BCUT2D eigenvalue weighted by molar-refractivity contribution is 0.418. The summed E-state index contributed by atoms with van der Waals surface area (Å²) in [5.41, 5.74) is 7.08. The van der Waals surface area contributed by atoms with Gasteiger partial charge >= 0.3 is 0 Å². The van der Waals surface area contributed by atoms with Gasteiger partial charge in [0.05, 0.1) is 10.0 Å². The number of nitrogens with two attached hydrogens (primary N) is 1. The molecule has 1 aliphatic rings. The third kappa shape index (κ3) is 3.41. The predicted octanol–water partition coefficient (Wildman–Crippen LogP) is 3.55. The Labute approximate surface area is 118 Å². The smallest absolute Gasteiger partial charge is 0.0595 e. The summed E-state index contributed by atoms with van der Waals surface area (Å²) >= 11 is 12.0. The van der Waals surface area contributed by atoms with E-state index in [-0.39, 0.29) is 0 Å². The average molecular weight is 285 g/mol. The molecule has 0 bridgehead atoms. The van der Waals surface area contributed by atoms with Crippen molar-refractivity contribution in [3.63, 3.8) is 0 Å². The zero-order chi connectivity index (χ0) is 13.0. The summed E-state index contributed by atoms with van der Waals surface area (Å²) in [6.07, 6.45) is 6.39. The van der Waals surface area contributed by atoms with Crippen molar-refractivity contribution in [3.05, 3.63) is 46.1 Å². The average Bonchev–Trinajstić information content (AvgIpc) is 2.40. The first-order valence-corrected chi connectivity index (χ1v) is 6.99. The van der Waals surface area contributed by atoms with E-state index in [1.807, 2.05) is 24.4 Å². The molecule has 98 valence electrons. The quantitative estimate of drug-likeness (QED) is 0.887. The van der Waals surface area contributed by atoms with Crippen molar-refractivity contribution in [3.8, 4) is 0 Å². The second-order valence-electron chi connectivity index (χ2n) is 4.75. The molecule has 0 saturated heterocycles. The van der Waals surface area contributed by atoms with Crippen LogP contribution in [0.1, 0.15) is 24.3 Å². The van der Waals surface area contributed by atoms with E-state index in [2.05, 4.69) is 11.4 Å². The monoisotopic (exact) mass is 284 g/mol. The van der Waals surface area contributed by atoms with Gasteiger partial charge in [-0.2, -0.15) is 0 Å². The van der Waals surface area contributed by atoms with Crippen LogP contribution in [0.5, 0.6) is 0 Å². The first kappa shape index (κ1) is 13.7. The molecule has 0 fully saturated rings. The normalized spacial score (nSPS) is 20.5. The van der Waals surface area contributed by atoms with E-state index >= 15 is 0 Å². The Bertz CT molecular complexity index is 432. The van der Waals surface area contributed by atoms with Gasteiger partial charge in [0, 0.05) is 6.54 Å². The van der Waals surface area contributed by atoms with E-state index in [0.29, 0.717) is 28.4 Å². The Morgan fingerprint density at radius 1 is 1.33 bits per heavy atom. The van der Waals surface area contributed by atoms with Crippen LogP contribution in [0.4, 0.5) is 0 Å². The van der Waals surface area contributed by atoms with Gasteiger partial charge in [-0.25, -0.2) is 0 Å². The zero-order valence-corrected chi connectivity index (χ0v) is 11.7. The van der Waals surface area contributed by atoms with E-state index < -0.39 is 0 Å². The number of rotatable bonds is 4. The van der Waals surface area contributed by atoms with Gasteiger partial charge in [0.2, 0.25) is 0 Å². The molecule has 2 unspecified atom stereocenters. The molecule has 2 nitrogen and oxygen atoms in total. The molecule has 0 radical (unpaired) electrons. The molecule has 0 spiro atoms. The van der Waals surface area contributed by atoms with Gasteiger partial charge in [-0.15, -0.1) is 0 Å². The summed E-state index contributed by atoms with van der Waals surface area (Å²) < 4.78 is 0. The molecular formula is C14H18Cl2N2. The van der Waals surface area contributed by atoms with Crippen molar-refractivity contribution >= 4 is 23.2 Å². The highest BCUT2D eigenvalue weighted by molar-refractivity contribution is 6.42. The summed E-state index contributed by atoms with van der Waals surface area (Å²) in [7, 11) is 0. The molecule has 0 aliphatic carbocycles. The molecule has 2 rings (SSSR count). The van der Waals surface area contributed by atoms with Gasteiger partial charge in [0.25, 0.3) is 0 Å². The predicted molar refractivity (Wildman–Crippen MR) is 78.1 cm³/mol. The number of hydrogen-bond donors (Lipinski definition) is 2. The molecule has 18 heavy (non-hydrogen) atoms. The molecule has 3 N–H and O–H groups in total. The van der Waals surface area contributed by atoms with E-state index in [1.54, 1.807) is 0 Å². The minimum absolute atomic E-state index is 0.345. The van der Waals surface area contributed by atoms with Crippen LogP contribution < -0.4 is 11.1 Å². The van der Waals surface area contributed by atoms with E-state index in [1.165, 1.54) is 5.56 Å². The van der Waals surface area contributed by atoms with Gasteiger partial charge in [0.15, 0.2) is 0 Å². The Kier molecular flexibility index (Phi) is 4.93. The fourth-order valence-electron chi connectivity index (χ4n) is 2.38. The van der Waals surface area contributed by atoms with Crippen LogP contribution in [0.2, 0.25) is 10.0 Å². The number of hydrogen-bond acceptors (Lipinski definition) is 2. The third-order valence-corrected chi connectivity index (χ3v) is 4.17. The van der Waals surface area contributed by atoms with Gasteiger partial charge in [-0.3, -0.25) is 0 Å². The molecule has 1 aromatic rings. The number of allylic oxidation sites excluding steroid dienone is 1. The van der Waals surface area contributed by atoms with Crippen LogP contribution in [0, 0.1) is 5.92 Å². The van der Waals surface area contributed by atoms with Crippen LogP contribution in [0.3, 0.4) is 0 Å². The van der Waals surface area contributed by atoms with Gasteiger partial charge < -0.3 is 11.1 Å². The first-order chi connectivity index (χ1) is 8.70. The van der Waals surface area contributed by atoms with Crippen molar-refractivity contribution in [1.82, 2.24) is 5.32 Å². The Morgan fingerprint density at radius 3 is 2.78 bits per heavy atom. The number of halogens is 2. The molecule has 1 aliphatic heterocycles. The summed E-state index contributed by atoms with van der Waals surface area (Å²) in [4.78, 5) is 0. The van der Waals surface area contributed by atoms with Crippen LogP contribution >= 0.6 is 23.2 Å². The van der Waals surface area contributed by atoms with E-state index in [4.69, 9.17) is 28.9 Å². The highest BCUT2D eigenvalue weighted by Gasteiger charge is 2.18.